The molecule has 2 atom stereocenters. The third-order valence-corrected chi connectivity index (χ3v) is 6.02. The molecule has 2 amide bonds. The van der Waals surface area contributed by atoms with Gasteiger partial charge in [0.1, 0.15) is 6.26 Å². The number of carbonyl (C=O) groups excluding carboxylic acids is 1. The Morgan fingerprint density at radius 3 is 2.83 bits per heavy atom. The number of amides is 2. The van der Waals surface area contributed by atoms with Crippen molar-refractivity contribution in [2.75, 3.05) is 6.54 Å². The van der Waals surface area contributed by atoms with Crippen molar-refractivity contribution >= 4 is 6.03 Å². The quantitative estimate of drug-likeness (QED) is 0.908. The lowest BCUT2D eigenvalue weighted by atomic mass is 9.65. The first kappa shape index (κ1) is 15.0. The lowest BCUT2D eigenvalue weighted by Gasteiger charge is -2.40. The van der Waals surface area contributed by atoms with Crippen molar-refractivity contribution in [3.05, 3.63) is 18.0 Å². The number of rotatable bonds is 2. The van der Waals surface area contributed by atoms with Crippen LogP contribution in [0.25, 0.3) is 0 Å². The number of likely N-dealkylation sites (tertiary alicyclic amines) is 1. The van der Waals surface area contributed by atoms with Crippen LogP contribution in [0, 0.1) is 10.8 Å². The highest BCUT2D eigenvalue weighted by Gasteiger charge is 2.51. The van der Waals surface area contributed by atoms with Crippen LogP contribution >= 0.6 is 0 Å². The monoisotopic (exact) mass is 317 g/mol. The molecule has 2 aliphatic carbocycles. The van der Waals surface area contributed by atoms with Crippen molar-refractivity contribution < 1.29 is 9.32 Å². The number of hydrogen-bond donors (Lipinski definition) is 1. The van der Waals surface area contributed by atoms with Crippen LogP contribution in [0.3, 0.4) is 0 Å². The highest BCUT2D eigenvalue weighted by Crippen LogP contribution is 2.52. The molecule has 2 bridgehead atoms. The molecule has 1 aromatic rings. The second-order valence-electron chi connectivity index (χ2n) is 9.08. The van der Waals surface area contributed by atoms with Crippen LogP contribution in [0.2, 0.25) is 0 Å². The van der Waals surface area contributed by atoms with E-state index in [4.69, 9.17) is 4.52 Å². The number of fused-ring (bicyclic) bond motifs is 2. The van der Waals surface area contributed by atoms with E-state index in [1.807, 2.05) is 6.07 Å². The third kappa shape index (κ3) is 2.74. The fourth-order valence-corrected chi connectivity index (χ4v) is 5.36. The molecule has 3 fully saturated rings. The molecule has 5 heteroatoms. The van der Waals surface area contributed by atoms with E-state index in [2.05, 4.69) is 36.1 Å². The maximum atomic E-state index is 12.7. The topological polar surface area (TPSA) is 58.4 Å². The summed E-state index contributed by atoms with van der Waals surface area (Å²) >= 11 is 0. The van der Waals surface area contributed by atoms with Gasteiger partial charge in [0, 0.05) is 30.6 Å². The van der Waals surface area contributed by atoms with Crippen LogP contribution in [0.1, 0.15) is 64.5 Å². The van der Waals surface area contributed by atoms with Gasteiger partial charge in [-0.05, 0) is 42.9 Å². The molecule has 23 heavy (non-hydrogen) atoms. The number of aromatic nitrogens is 1. The molecule has 0 radical (unpaired) electrons. The van der Waals surface area contributed by atoms with Crippen molar-refractivity contribution in [2.45, 2.75) is 70.9 Å². The first-order valence-electron chi connectivity index (χ1n) is 8.81. The lowest BCUT2D eigenvalue weighted by Crippen LogP contribution is -2.50. The number of hydrogen-bond acceptors (Lipinski definition) is 3. The summed E-state index contributed by atoms with van der Waals surface area (Å²) in [5.74, 6) is 0.438. The minimum absolute atomic E-state index is 0.139. The Morgan fingerprint density at radius 1 is 1.35 bits per heavy atom. The van der Waals surface area contributed by atoms with E-state index in [1.165, 1.54) is 6.42 Å². The van der Waals surface area contributed by atoms with Crippen LogP contribution in [-0.4, -0.2) is 34.7 Å². The second kappa shape index (κ2) is 4.99. The molecule has 0 aromatic carbocycles. The molecule has 1 N–H and O–H groups in total. The van der Waals surface area contributed by atoms with Crippen molar-refractivity contribution in [1.82, 2.24) is 15.4 Å². The van der Waals surface area contributed by atoms with Crippen LogP contribution in [0.4, 0.5) is 4.79 Å². The lowest BCUT2D eigenvalue weighted by molar-refractivity contribution is 0.128. The molecule has 0 spiro atoms. The van der Waals surface area contributed by atoms with E-state index >= 15 is 0 Å². The molecule has 2 unspecified atom stereocenters. The van der Waals surface area contributed by atoms with Crippen molar-refractivity contribution in [2.24, 2.45) is 10.8 Å². The van der Waals surface area contributed by atoms with Gasteiger partial charge in [-0.3, -0.25) is 0 Å². The normalized spacial score (nSPS) is 38.2. The van der Waals surface area contributed by atoms with Gasteiger partial charge >= 0.3 is 6.03 Å². The number of nitrogens with zero attached hydrogens (tertiary/aromatic N) is 2. The van der Waals surface area contributed by atoms with E-state index < -0.39 is 0 Å². The standard InChI is InChI=1S/C18H27N3O2/c1-17(2)8-14-9-18(3,10-17)11-21(14)16(22)19-13-6-12(7-13)15-4-5-23-20-15/h4-5,12-14H,6-11H2,1-3H3,(H,19,22). The Labute approximate surface area is 137 Å². The van der Waals surface area contributed by atoms with Crippen LogP contribution in [-0.2, 0) is 0 Å². The van der Waals surface area contributed by atoms with Crippen LogP contribution in [0.15, 0.2) is 16.9 Å². The third-order valence-electron chi connectivity index (χ3n) is 6.02. The maximum Gasteiger partial charge on any atom is 0.317 e. The van der Waals surface area contributed by atoms with E-state index in [0.717, 1.165) is 37.9 Å². The first-order chi connectivity index (χ1) is 10.8. The van der Waals surface area contributed by atoms with Gasteiger partial charge in [0.25, 0.3) is 0 Å². The zero-order valence-electron chi connectivity index (χ0n) is 14.3. The summed E-state index contributed by atoms with van der Waals surface area (Å²) in [4.78, 5) is 14.8. The smallest absolute Gasteiger partial charge is 0.317 e. The van der Waals surface area contributed by atoms with Crippen molar-refractivity contribution in [3.8, 4) is 0 Å². The average Bonchev–Trinajstić information content (AvgIpc) is 2.98. The summed E-state index contributed by atoms with van der Waals surface area (Å²) < 4.78 is 4.90. The molecule has 2 heterocycles. The van der Waals surface area contributed by atoms with Crippen LogP contribution < -0.4 is 5.32 Å². The molecule has 1 aliphatic heterocycles. The van der Waals surface area contributed by atoms with Gasteiger partial charge in [-0.1, -0.05) is 25.9 Å². The predicted molar refractivity (Wildman–Crippen MR) is 87.0 cm³/mol. The molecule has 1 aromatic heterocycles. The van der Waals surface area contributed by atoms with E-state index in [1.54, 1.807) is 6.26 Å². The zero-order valence-corrected chi connectivity index (χ0v) is 14.3. The van der Waals surface area contributed by atoms with E-state index in [-0.39, 0.29) is 12.1 Å². The fraction of sp³-hybridized carbons (Fsp3) is 0.778. The van der Waals surface area contributed by atoms with E-state index in [9.17, 15) is 4.79 Å². The highest BCUT2D eigenvalue weighted by molar-refractivity contribution is 5.75. The van der Waals surface area contributed by atoms with Crippen molar-refractivity contribution in [1.29, 1.82) is 0 Å². The Hall–Kier alpha value is -1.52. The molecule has 5 nitrogen and oxygen atoms in total. The predicted octanol–water partition coefficient (Wildman–Crippen LogP) is 3.53. The fourth-order valence-electron chi connectivity index (χ4n) is 5.36. The van der Waals surface area contributed by atoms with Gasteiger partial charge in [-0.2, -0.15) is 0 Å². The molecule has 2 saturated carbocycles. The van der Waals surface area contributed by atoms with Gasteiger partial charge in [0.2, 0.25) is 0 Å². The van der Waals surface area contributed by atoms with Gasteiger partial charge in [-0.15, -0.1) is 0 Å². The summed E-state index contributed by atoms with van der Waals surface area (Å²) in [6, 6.07) is 2.76. The van der Waals surface area contributed by atoms with Gasteiger partial charge < -0.3 is 14.7 Å². The maximum absolute atomic E-state index is 12.7. The average molecular weight is 317 g/mol. The summed E-state index contributed by atoms with van der Waals surface area (Å²) in [5.41, 5.74) is 1.66. The zero-order chi connectivity index (χ0) is 16.2. The number of carbonyl (C=O) groups is 1. The number of urea groups is 1. The van der Waals surface area contributed by atoms with Crippen molar-refractivity contribution in [3.63, 3.8) is 0 Å². The molecule has 4 rings (SSSR count). The minimum Gasteiger partial charge on any atom is -0.365 e. The Kier molecular flexibility index (Phi) is 3.26. The van der Waals surface area contributed by atoms with Gasteiger partial charge in [-0.25, -0.2) is 4.79 Å². The Bertz CT molecular complexity index is 591. The molecular weight excluding hydrogens is 290 g/mol. The summed E-state index contributed by atoms with van der Waals surface area (Å²) in [6.07, 6.45) is 7.07. The molecule has 1 saturated heterocycles. The molecule has 3 aliphatic rings. The van der Waals surface area contributed by atoms with Gasteiger partial charge in [0.15, 0.2) is 0 Å². The highest BCUT2D eigenvalue weighted by atomic mass is 16.5. The Balaban J connectivity index is 1.34. The molecular formula is C18H27N3O2. The largest absolute Gasteiger partial charge is 0.365 e. The van der Waals surface area contributed by atoms with E-state index in [0.29, 0.717) is 22.8 Å². The summed E-state index contributed by atoms with van der Waals surface area (Å²) in [7, 11) is 0. The first-order valence-corrected chi connectivity index (χ1v) is 8.81. The minimum atomic E-state index is 0.139. The summed E-state index contributed by atoms with van der Waals surface area (Å²) in [5, 5.41) is 7.24. The second-order valence-corrected chi connectivity index (χ2v) is 9.08. The number of nitrogens with one attached hydrogen (secondary N) is 1. The van der Waals surface area contributed by atoms with Gasteiger partial charge in [0.05, 0.1) is 5.69 Å². The Morgan fingerprint density at radius 2 is 2.13 bits per heavy atom. The molecule has 126 valence electrons. The summed E-state index contributed by atoms with van der Waals surface area (Å²) in [6.45, 7) is 7.94. The van der Waals surface area contributed by atoms with Crippen LogP contribution in [0.5, 0.6) is 0 Å². The SMILES string of the molecule is CC1(C)CC2CC(C)(CN2C(=O)NC2CC(c3ccon3)C2)C1.